The molecule has 2 rings (SSSR count). The summed E-state index contributed by atoms with van der Waals surface area (Å²) in [7, 11) is 0. The van der Waals surface area contributed by atoms with Gasteiger partial charge in [-0.2, -0.15) is 0 Å². The smallest absolute Gasteiger partial charge is 0.123 e. The molecule has 0 radical (unpaired) electrons. The van der Waals surface area contributed by atoms with Gasteiger partial charge in [0.15, 0.2) is 0 Å². The molecule has 0 heterocycles. The zero-order valence-corrected chi connectivity index (χ0v) is 10.6. The van der Waals surface area contributed by atoms with Crippen LogP contribution in [0.2, 0.25) is 0 Å². The number of anilines is 1. The van der Waals surface area contributed by atoms with E-state index in [2.05, 4.69) is 18.7 Å². The van der Waals surface area contributed by atoms with Crippen LogP contribution in [0.3, 0.4) is 0 Å². The SMILES string of the molecule is CC(C)CN(c1ccc(F)cc1CN)C1CC1. The first-order valence-corrected chi connectivity index (χ1v) is 6.37. The molecule has 17 heavy (non-hydrogen) atoms. The lowest BCUT2D eigenvalue weighted by Crippen LogP contribution is -2.31. The minimum Gasteiger partial charge on any atom is -0.368 e. The molecule has 0 atom stereocenters. The van der Waals surface area contributed by atoms with Gasteiger partial charge in [0.25, 0.3) is 0 Å². The van der Waals surface area contributed by atoms with Gasteiger partial charge in [-0.05, 0) is 42.5 Å². The van der Waals surface area contributed by atoms with Gasteiger partial charge in [0.2, 0.25) is 0 Å². The van der Waals surface area contributed by atoms with Crippen molar-refractivity contribution < 1.29 is 4.39 Å². The second-order valence-corrected chi connectivity index (χ2v) is 5.25. The minimum atomic E-state index is -0.200. The zero-order valence-electron chi connectivity index (χ0n) is 10.6. The Morgan fingerprint density at radius 3 is 2.65 bits per heavy atom. The summed E-state index contributed by atoms with van der Waals surface area (Å²) in [6, 6.07) is 5.60. The summed E-state index contributed by atoms with van der Waals surface area (Å²) in [5, 5.41) is 0. The van der Waals surface area contributed by atoms with E-state index in [4.69, 9.17) is 5.73 Å². The standard InChI is InChI=1S/C14H21FN2/c1-10(2)9-17(13-4-5-13)14-6-3-12(15)7-11(14)8-16/h3,6-7,10,13H,4-5,8-9,16H2,1-2H3. The van der Waals surface area contributed by atoms with Crippen molar-refractivity contribution in [3.63, 3.8) is 0 Å². The van der Waals surface area contributed by atoms with Gasteiger partial charge in [0.1, 0.15) is 5.82 Å². The average molecular weight is 236 g/mol. The van der Waals surface area contributed by atoms with Crippen molar-refractivity contribution in [2.75, 3.05) is 11.4 Å². The van der Waals surface area contributed by atoms with Crippen LogP contribution in [-0.2, 0) is 6.54 Å². The highest BCUT2D eigenvalue weighted by Gasteiger charge is 2.30. The molecule has 2 N–H and O–H groups in total. The molecule has 0 spiro atoms. The summed E-state index contributed by atoms with van der Waals surface area (Å²) in [5.41, 5.74) is 7.75. The summed E-state index contributed by atoms with van der Waals surface area (Å²) < 4.78 is 13.2. The Kier molecular flexibility index (Phi) is 3.67. The van der Waals surface area contributed by atoms with Crippen molar-refractivity contribution >= 4 is 5.69 Å². The van der Waals surface area contributed by atoms with Gasteiger partial charge in [0, 0.05) is 24.8 Å². The van der Waals surface area contributed by atoms with E-state index < -0.39 is 0 Å². The third-order valence-corrected chi connectivity index (χ3v) is 3.12. The molecule has 2 nitrogen and oxygen atoms in total. The lowest BCUT2D eigenvalue weighted by Gasteiger charge is -2.28. The lowest BCUT2D eigenvalue weighted by atomic mass is 10.1. The zero-order chi connectivity index (χ0) is 12.4. The number of halogens is 1. The van der Waals surface area contributed by atoms with E-state index in [1.165, 1.54) is 18.9 Å². The van der Waals surface area contributed by atoms with Crippen LogP contribution in [0.4, 0.5) is 10.1 Å². The van der Waals surface area contributed by atoms with Crippen LogP contribution in [0.1, 0.15) is 32.3 Å². The quantitative estimate of drug-likeness (QED) is 0.851. The molecule has 1 aliphatic carbocycles. The van der Waals surface area contributed by atoms with E-state index in [0.29, 0.717) is 18.5 Å². The molecule has 0 aromatic heterocycles. The Balaban J connectivity index is 2.28. The Bertz CT molecular complexity index is 386. The van der Waals surface area contributed by atoms with Crippen molar-refractivity contribution in [1.82, 2.24) is 0 Å². The van der Waals surface area contributed by atoms with E-state index in [-0.39, 0.29) is 5.82 Å². The first kappa shape index (κ1) is 12.4. The molecule has 94 valence electrons. The molecular formula is C14H21FN2. The maximum Gasteiger partial charge on any atom is 0.123 e. The Morgan fingerprint density at radius 2 is 2.12 bits per heavy atom. The molecule has 0 aliphatic heterocycles. The second-order valence-electron chi connectivity index (χ2n) is 5.25. The molecule has 1 aliphatic rings. The molecule has 0 amide bonds. The summed E-state index contributed by atoms with van der Waals surface area (Å²) in [6.07, 6.45) is 2.49. The van der Waals surface area contributed by atoms with Crippen molar-refractivity contribution in [2.24, 2.45) is 11.7 Å². The fraction of sp³-hybridized carbons (Fsp3) is 0.571. The van der Waals surface area contributed by atoms with E-state index in [9.17, 15) is 4.39 Å². The highest BCUT2D eigenvalue weighted by molar-refractivity contribution is 5.55. The molecule has 1 fully saturated rings. The number of rotatable bonds is 5. The molecule has 0 unspecified atom stereocenters. The van der Waals surface area contributed by atoms with E-state index in [1.807, 2.05) is 6.07 Å². The van der Waals surface area contributed by atoms with Gasteiger partial charge in [-0.25, -0.2) is 4.39 Å². The van der Waals surface area contributed by atoms with Gasteiger partial charge in [0.05, 0.1) is 0 Å². The van der Waals surface area contributed by atoms with E-state index in [1.54, 1.807) is 6.07 Å². The Labute approximate surface area is 103 Å². The van der Waals surface area contributed by atoms with Gasteiger partial charge < -0.3 is 10.6 Å². The van der Waals surface area contributed by atoms with Crippen LogP contribution in [-0.4, -0.2) is 12.6 Å². The highest BCUT2D eigenvalue weighted by Crippen LogP contribution is 2.34. The number of nitrogens with zero attached hydrogens (tertiary/aromatic N) is 1. The fourth-order valence-electron chi connectivity index (χ4n) is 2.22. The number of nitrogens with two attached hydrogens (primary N) is 1. The van der Waals surface area contributed by atoms with Gasteiger partial charge >= 0.3 is 0 Å². The Hall–Kier alpha value is -1.09. The minimum absolute atomic E-state index is 0.200. The molecule has 0 saturated heterocycles. The van der Waals surface area contributed by atoms with Crippen molar-refractivity contribution in [3.05, 3.63) is 29.6 Å². The van der Waals surface area contributed by atoms with Crippen LogP contribution in [0.5, 0.6) is 0 Å². The second kappa shape index (κ2) is 5.05. The number of hydrogen-bond donors (Lipinski definition) is 1. The molecular weight excluding hydrogens is 215 g/mol. The van der Waals surface area contributed by atoms with Crippen LogP contribution < -0.4 is 10.6 Å². The number of benzene rings is 1. The van der Waals surface area contributed by atoms with Crippen LogP contribution in [0.15, 0.2) is 18.2 Å². The molecule has 0 bridgehead atoms. The van der Waals surface area contributed by atoms with Gasteiger partial charge in [-0.15, -0.1) is 0 Å². The molecule has 3 heteroatoms. The highest BCUT2D eigenvalue weighted by atomic mass is 19.1. The maximum atomic E-state index is 13.2. The van der Waals surface area contributed by atoms with E-state index in [0.717, 1.165) is 17.8 Å². The van der Waals surface area contributed by atoms with Crippen LogP contribution >= 0.6 is 0 Å². The normalized spacial score (nSPS) is 15.4. The average Bonchev–Trinajstić information content (AvgIpc) is 3.09. The predicted molar refractivity (Wildman–Crippen MR) is 69.5 cm³/mol. The maximum absolute atomic E-state index is 13.2. The first-order chi connectivity index (χ1) is 8.11. The van der Waals surface area contributed by atoms with Gasteiger partial charge in [-0.3, -0.25) is 0 Å². The topological polar surface area (TPSA) is 29.3 Å². The number of hydrogen-bond acceptors (Lipinski definition) is 2. The molecule has 1 aromatic rings. The van der Waals surface area contributed by atoms with E-state index >= 15 is 0 Å². The summed E-state index contributed by atoms with van der Waals surface area (Å²) in [5.74, 6) is 0.403. The summed E-state index contributed by atoms with van der Waals surface area (Å²) in [6.45, 7) is 5.83. The van der Waals surface area contributed by atoms with Crippen LogP contribution in [0.25, 0.3) is 0 Å². The fourth-order valence-corrected chi connectivity index (χ4v) is 2.22. The summed E-state index contributed by atoms with van der Waals surface area (Å²) >= 11 is 0. The summed E-state index contributed by atoms with van der Waals surface area (Å²) in [4.78, 5) is 2.40. The Morgan fingerprint density at radius 1 is 1.41 bits per heavy atom. The largest absolute Gasteiger partial charge is 0.368 e. The third-order valence-electron chi connectivity index (χ3n) is 3.12. The van der Waals surface area contributed by atoms with Crippen molar-refractivity contribution in [1.29, 1.82) is 0 Å². The molecule has 1 aromatic carbocycles. The monoisotopic (exact) mass is 236 g/mol. The van der Waals surface area contributed by atoms with Crippen molar-refractivity contribution in [3.8, 4) is 0 Å². The van der Waals surface area contributed by atoms with Crippen LogP contribution in [0, 0.1) is 11.7 Å². The third kappa shape index (κ3) is 2.97. The van der Waals surface area contributed by atoms with Crippen molar-refractivity contribution in [2.45, 2.75) is 39.3 Å². The van der Waals surface area contributed by atoms with Gasteiger partial charge in [-0.1, -0.05) is 13.8 Å². The lowest BCUT2D eigenvalue weighted by molar-refractivity contribution is 0.601. The molecule has 1 saturated carbocycles. The first-order valence-electron chi connectivity index (χ1n) is 6.37. The predicted octanol–water partition coefficient (Wildman–Crippen LogP) is 2.91.